The zero-order valence-electron chi connectivity index (χ0n) is 9.09. The minimum Gasteiger partial charge on any atom is -0.444 e. The van der Waals surface area contributed by atoms with E-state index in [1.807, 2.05) is 12.1 Å². The molecule has 1 amide bonds. The first kappa shape index (κ1) is 12.3. The quantitative estimate of drug-likeness (QED) is 0.814. The average Bonchev–Trinajstić information content (AvgIpc) is 2.27. The topological polar surface area (TPSA) is 72.6 Å². The fourth-order valence-corrected chi connectivity index (χ4v) is 1.47. The van der Waals surface area contributed by atoms with Gasteiger partial charge in [0.1, 0.15) is 12.2 Å². The second-order valence-corrected chi connectivity index (χ2v) is 3.42. The summed E-state index contributed by atoms with van der Waals surface area (Å²) in [4.78, 5) is 10.6. The molecule has 0 fully saturated rings. The monoisotopic (exact) mass is 221 g/mol. The third kappa shape index (κ3) is 2.84. The minimum atomic E-state index is -0.915. The summed E-state index contributed by atoms with van der Waals surface area (Å²) < 4.78 is 4.72. The normalized spacial score (nSPS) is 13.9. The van der Waals surface area contributed by atoms with E-state index in [0.717, 1.165) is 5.56 Å². The molecule has 1 aromatic carbocycles. The molecule has 86 valence electrons. The number of ether oxygens (including phenoxy) is 1. The number of aliphatic hydroxyl groups excluding tert-OH is 1. The third-order valence-corrected chi connectivity index (χ3v) is 2.28. The number of amides is 1. The Labute approximate surface area is 94.3 Å². The number of carbonyl (C=O) groups is 1. The van der Waals surface area contributed by atoms with Gasteiger partial charge in [-0.1, -0.05) is 36.9 Å². The molecule has 1 aromatic rings. The highest BCUT2D eigenvalue weighted by molar-refractivity contribution is 5.65. The minimum absolute atomic E-state index is 0.659. The molecular weight excluding hydrogens is 206 g/mol. The molecule has 0 aliphatic rings. The summed E-state index contributed by atoms with van der Waals surface area (Å²) in [7, 11) is 0. The summed E-state index contributed by atoms with van der Waals surface area (Å²) in [6.45, 7) is 5.23. The van der Waals surface area contributed by atoms with Crippen molar-refractivity contribution < 1.29 is 14.6 Å². The van der Waals surface area contributed by atoms with Gasteiger partial charge in [0.15, 0.2) is 0 Å². The maximum atomic E-state index is 10.6. The first-order chi connectivity index (χ1) is 7.56. The van der Waals surface area contributed by atoms with Crippen molar-refractivity contribution in [3.8, 4) is 0 Å². The fourth-order valence-electron chi connectivity index (χ4n) is 1.47. The average molecular weight is 221 g/mol. The van der Waals surface area contributed by atoms with E-state index < -0.39 is 18.3 Å². The standard InChI is InChI=1S/C12H15NO3/c1-3-9-6-4-5-7-10(9)11(14)8(2)16-12(13)15/h3-8,11,14H,1H2,2H3,(H2,13,15)/t8-,11+/m0/s1. The van der Waals surface area contributed by atoms with Crippen LogP contribution in [0.25, 0.3) is 6.08 Å². The van der Waals surface area contributed by atoms with Crippen molar-refractivity contribution in [2.75, 3.05) is 0 Å². The first-order valence-corrected chi connectivity index (χ1v) is 4.91. The Hall–Kier alpha value is -1.81. The lowest BCUT2D eigenvalue weighted by Gasteiger charge is -2.20. The van der Waals surface area contributed by atoms with Crippen molar-refractivity contribution in [3.05, 3.63) is 42.0 Å². The van der Waals surface area contributed by atoms with Gasteiger partial charge in [-0.25, -0.2) is 4.79 Å². The Morgan fingerprint density at radius 3 is 2.75 bits per heavy atom. The van der Waals surface area contributed by atoms with E-state index in [9.17, 15) is 9.90 Å². The summed E-state index contributed by atoms with van der Waals surface area (Å²) in [6, 6.07) is 7.21. The largest absolute Gasteiger partial charge is 0.444 e. The van der Waals surface area contributed by atoms with Gasteiger partial charge in [-0.15, -0.1) is 0 Å². The maximum Gasteiger partial charge on any atom is 0.404 e. The molecular formula is C12H15NO3. The Kier molecular flexibility index (Phi) is 4.08. The fraction of sp³-hybridized carbons (Fsp3) is 0.250. The summed E-state index contributed by atoms with van der Waals surface area (Å²) in [5.41, 5.74) is 6.35. The number of hydrogen-bond donors (Lipinski definition) is 2. The molecule has 0 saturated heterocycles. The Morgan fingerprint density at radius 1 is 1.56 bits per heavy atom. The van der Waals surface area contributed by atoms with Crippen LogP contribution in [-0.4, -0.2) is 17.3 Å². The lowest BCUT2D eigenvalue weighted by atomic mass is 9.99. The Morgan fingerprint density at radius 2 is 2.19 bits per heavy atom. The van der Waals surface area contributed by atoms with Crippen LogP contribution in [0, 0.1) is 0 Å². The predicted molar refractivity (Wildman–Crippen MR) is 61.6 cm³/mol. The van der Waals surface area contributed by atoms with Crippen LogP contribution in [0.3, 0.4) is 0 Å². The second kappa shape index (κ2) is 5.32. The van der Waals surface area contributed by atoms with E-state index >= 15 is 0 Å². The molecule has 0 aliphatic carbocycles. The van der Waals surface area contributed by atoms with Crippen LogP contribution in [0.15, 0.2) is 30.8 Å². The van der Waals surface area contributed by atoms with Gasteiger partial charge in [-0.05, 0) is 18.1 Å². The number of hydrogen-bond acceptors (Lipinski definition) is 3. The summed E-state index contributed by atoms with van der Waals surface area (Å²) >= 11 is 0. The van der Waals surface area contributed by atoms with Crippen molar-refractivity contribution in [1.29, 1.82) is 0 Å². The van der Waals surface area contributed by atoms with Crippen LogP contribution >= 0.6 is 0 Å². The number of benzene rings is 1. The number of nitrogens with two attached hydrogens (primary N) is 1. The molecule has 0 spiro atoms. The van der Waals surface area contributed by atoms with E-state index in [1.165, 1.54) is 0 Å². The molecule has 0 unspecified atom stereocenters. The van der Waals surface area contributed by atoms with E-state index in [1.54, 1.807) is 25.1 Å². The molecule has 1 rings (SSSR count). The van der Waals surface area contributed by atoms with E-state index in [4.69, 9.17) is 10.5 Å². The SMILES string of the molecule is C=Cc1ccccc1[C@H](O)[C@H](C)OC(N)=O. The van der Waals surface area contributed by atoms with Gasteiger partial charge in [0.2, 0.25) is 0 Å². The number of carbonyl (C=O) groups excluding carboxylic acids is 1. The molecule has 3 N–H and O–H groups in total. The van der Waals surface area contributed by atoms with Gasteiger partial charge in [0, 0.05) is 0 Å². The number of aliphatic hydroxyl groups is 1. The molecule has 4 nitrogen and oxygen atoms in total. The molecule has 16 heavy (non-hydrogen) atoms. The van der Waals surface area contributed by atoms with Gasteiger partial charge >= 0.3 is 6.09 Å². The molecule has 2 atom stereocenters. The highest BCUT2D eigenvalue weighted by Gasteiger charge is 2.20. The van der Waals surface area contributed by atoms with Crippen molar-refractivity contribution in [3.63, 3.8) is 0 Å². The van der Waals surface area contributed by atoms with Crippen LogP contribution in [0.4, 0.5) is 4.79 Å². The molecule has 0 heterocycles. The second-order valence-electron chi connectivity index (χ2n) is 3.42. The Balaban J connectivity index is 2.90. The third-order valence-electron chi connectivity index (χ3n) is 2.28. The highest BCUT2D eigenvalue weighted by atomic mass is 16.6. The van der Waals surface area contributed by atoms with Gasteiger partial charge in [-0.3, -0.25) is 0 Å². The molecule has 0 radical (unpaired) electrons. The maximum absolute atomic E-state index is 10.6. The van der Waals surface area contributed by atoms with Crippen LogP contribution in [0.2, 0.25) is 0 Å². The van der Waals surface area contributed by atoms with Gasteiger partial charge < -0.3 is 15.6 Å². The molecule has 0 aromatic heterocycles. The lowest BCUT2D eigenvalue weighted by Crippen LogP contribution is -2.26. The van der Waals surface area contributed by atoms with E-state index in [0.29, 0.717) is 5.56 Å². The van der Waals surface area contributed by atoms with E-state index in [2.05, 4.69) is 6.58 Å². The van der Waals surface area contributed by atoms with Gasteiger partial charge in [0.05, 0.1) is 0 Å². The van der Waals surface area contributed by atoms with Crippen LogP contribution < -0.4 is 5.73 Å². The number of rotatable bonds is 4. The smallest absolute Gasteiger partial charge is 0.404 e. The summed E-state index contributed by atoms with van der Waals surface area (Å²) in [5, 5.41) is 9.97. The van der Waals surface area contributed by atoms with Crippen LogP contribution in [0.5, 0.6) is 0 Å². The molecule has 4 heteroatoms. The molecule has 0 aliphatic heterocycles. The summed E-state index contributed by atoms with van der Waals surface area (Å²) in [5.74, 6) is 0. The summed E-state index contributed by atoms with van der Waals surface area (Å²) in [6.07, 6.45) is -0.877. The van der Waals surface area contributed by atoms with Crippen molar-refractivity contribution >= 4 is 12.2 Å². The van der Waals surface area contributed by atoms with Gasteiger partial charge in [-0.2, -0.15) is 0 Å². The predicted octanol–water partition coefficient (Wildman–Crippen LogP) is 1.85. The van der Waals surface area contributed by atoms with Crippen LogP contribution in [0.1, 0.15) is 24.2 Å². The lowest BCUT2D eigenvalue weighted by molar-refractivity contribution is 0.0157. The van der Waals surface area contributed by atoms with Gasteiger partial charge in [0.25, 0.3) is 0 Å². The molecule has 0 bridgehead atoms. The van der Waals surface area contributed by atoms with Crippen molar-refractivity contribution in [2.24, 2.45) is 5.73 Å². The number of primary amides is 1. The van der Waals surface area contributed by atoms with Crippen molar-refractivity contribution in [2.45, 2.75) is 19.1 Å². The van der Waals surface area contributed by atoms with E-state index in [-0.39, 0.29) is 0 Å². The van der Waals surface area contributed by atoms with Crippen LogP contribution in [-0.2, 0) is 4.74 Å². The Bertz CT molecular complexity index is 390. The zero-order valence-corrected chi connectivity index (χ0v) is 9.09. The molecule has 0 saturated carbocycles. The zero-order chi connectivity index (χ0) is 12.1. The highest BCUT2D eigenvalue weighted by Crippen LogP contribution is 2.23. The first-order valence-electron chi connectivity index (χ1n) is 4.91. The van der Waals surface area contributed by atoms with Crippen molar-refractivity contribution in [1.82, 2.24) is 0 Å².